The highest BCUT2D eigenvalue weighted by Crippen LogP contribution is 2.06. The Bertz CT molecular complexity index is 202. The summed E-state index contributed by atoms with van der Waals surface area (Å²) in [5.74, 6) is 0. The summed E-state index contributed by atoms with van der Waals surface area (Å²) in [6.45, 7) is 0. The summed E-state index contributed by atoms with van der Waals surface area (Å²) in [5.41, 5.74) is 3.29. The molecule has 3 nitrogen and oxygen atoms in total. The van der Waals surface area contributed by atoms with Gasteiger partial charge in [0.25, 0.3) is 0 Å². The highest BCUT2D eigenvalue weighted by molar-refractivity contribution is 7.17. The summed E-state index contributed by atoms with van der Waals surface area (Å²) in [6.07, 6.45) is 0. The second-order valence-electron chi connectivity index (χ2n) is 1.65. The molecule has 1 unspecified atom stereocenters. The van der Waals surface area contributed by atoms with E-state index in [2.05, 4.69) is 10.1 Å². The minimum Gasteiger partial charge on any atom is -0.218 e. The molecule has 0 spiro atoms. The number of hydrogen-bond donors (Lipinski definition) is 1. The number of rotatable bonds is 3. The molecule has 52 valence electrons. The highest BCUT2D eigenvalue weighted by atomic mass is 31.1. The molecule has 0 aromatic heterocycles. The van der Waals surface area contributed by atoms with E-state index in [9.17, 15) is 4.57 Å². The third kappa shape index (κ3) is 2.13. The molecule has 0 aliphatic heterocycles. The molecular formula is C6H7NO2P+. The van der Waals surface area contributed by atoms with Crippen LogP contribution in [0.15, 0.2) is 30.3 Å². The van der Waals surface area contributed by atoms with Crippen molar-refractivity contribution in [2.45, 2.75) is 0 Å². The van der Waals surface area contributed by atoms with Gasteiger partial charge >= 0.3 is 8.69 Å². The van der Waals surface area contributed by atoms with Gasteiger partial charge in [0.1, 0.15) is 0 Å². The van der Waals surface area contributed by atoms with Crippen LogP contribution < -0.4 is 5.48 Å². The van der Waals surface area contributed by atoms with E-state index in [-0.39, 0.29) is 0 Å². The zero-order valence-corrected chi connectivity index (χ0v) is 6.20. The van der Waals surface area contributed by atoms with Crippen molar-refractivity contribution in [3.05, 3.63) is 30.3 Å². The average molecular weight is 156 g/mol. The van der Waals surface area contributed by atoms with Crippen LogP contribution in [0.25, 0.3) is 0 Å². The van der Waals surface area contributed by atoms with E-state index < -0.39 is 8.69 Å². The summed E-state index contributed by atoms with van der Waals surface area (Å²) < 4.78 is 14.3. The van der Waals surface area contributed by atoms with Gasteiger partial charge in [-0.2, -0.15) is 0 Å². The maximum Gasteiger partial charge on any atom is 0.518 e. The Kier molecular flexibility index (Phi) is 2.87. The molecule has 0 aliphatic carbocycles. The average Bonchev–Trinajstić information content (AvgIpc) is 2.03. The Morgan fingerprint density at radius 3 is 2.60 bits per heavy atom. The van der Waals surface area contributed by atoms with Crippen LogP contribution in [-0.2, 0) is 9.19 Å². The molecule has 10 heavy (non-hydrogen) atoms. The third-order valence-electron chi connectivity index (χ3n) is 0.984. The number of nitrogens with one attached hydrogen (secondary N) is 1. The molecule has 1 aromatic rings. The Hall–Kier alpha value is -0.920. The standard InChI is InChI=1S/C6H7NO2P/c8-10-9-7-6-4-2-1-3-5-6/h1-5,7,10H/q+1. The fourth-order valence-corrected chi connectivity index (χ4v) is 0.745. The number of benzene rings is 1. The van der Waals surface area contributed by atoms with Crippen LogP contribution >= 0.6 is 8.69 Å². The van der Waals surface area contributed by atoms with Gasteiger partial charge in [-0.25, -0.2) is 5.48 Å². The minimum atomic E-state index is -0.778. The molecule has 0 aliphatic rings. The molecule has 0 saturated heterocycles. The summed E-state index contributed by atoms with van der Waals surface area (Å²) >= 11 is 0. The summed E-state index contributed by atoms with van der Waals surface area (Å²) in [5, 5.41) is 0. The first-order valence-electron chi connectivity index (χ1n) is 2.77. The molecule has 0 heterocycles. The predicted octanol–water partition coefficient (Wildman–Crippen LogP) is 1.97. The van der Waals surface area contributed by atoms with E-state index in [0.717, 1.165) is 5.69 Å². The summed E-state index contributed by atoms with van der Waals surface area (Å²) in [7, 11) is -0.778. The quantitative estimate of drug-likeness (QED) is 0.537. The molecule has 1 rings (SSSR count). The van der Waals surface area contributed by atoms with Crippen molar-refractivity contribution in [1.29, 1.82) is 0 Å². The fourth-order valence-electron chi connectivity index (χ4n) is 0.586. The number of hydrogen-bond acceptors (Lipinski definition) is 3. The predicted molar refractivity (Wildman–Crippen MR) is 40.2 cm³/mol. The largest absolute Gasteiger partial charge is 0.518 e. The Labute approximate surface area is 60.3 Å². The minimum absolute atomic E-state index is 0.778. The van der Waals surface area contributed by atoms with Gasteiger partial charge in [-0.1, -0.05) is 18.2 Å². The first kappa shape index (κ1) is 7.19. The molecule has 0 saturated carbocycles. The Morgan fingerprint density at radius 1 is 1.30 bits per heavy atom. The Balaban J connectivity index is 2.50. The first-order chi connectivity index (χ1) is 4.93. The van der Waals surface area contributed by atoms with Crippen LogP contribution in [0.2, 0.25) is 0 Å². The lowest BCUT2D eigenvalue weighted by Crippen LogP contribution is -1.89. The van der Waals surface area contributed by atoms with Crippen molar-refractivity contribution >= 4 is 14.4 Å². The fraction of sp³-hybridized carbons (Fsp3) is 0. The summed E-state index contributed by atoms with van der Waals surface area (Å²) in [4.78, 5) is 0. The van der Waals surface area contributed by atoms with Gasteiger partial charge in [-0.05, 0) is 21.3 Å². The van der Waals surface area contributed by atoms with Crippen molar-refractivity contribution in [2.75, 3.05) is 5.48 Å². The van der Waals surface area contributed by atoms with Crippen LogP contribution in [-0.4, -0.2) is 0 Å². The zero-order valence-electron chi connectivity index (χ0n) is 5.20. The second-order valence-corrected chi connectivity index (χ2v) is 2.02. The van der Waals surface area contributed by atoms with Crippen molar-refractivity contribution in [2.24, 2.45) is 0 Å². The molecule has 1 aromatic carbocycles. The molecule has 0 bridgehead atoms. The molecule has 0 fully saturated rings. The van der Waals surface area contributed by atoms with E-state index in [1.54, 1.807) is 0 Å². The molecular weight excluding hydrogens is 149 g/mol. The maximum atomic E-state index is 9.85. The summed E-state index contributed by atoms with van der Waals surface area (Å²) in [6, 6.07) is 9.25. The number of para-hydroxylation sites is 1. The van der Waals surface area contributed by atoms with Crippen molar-refractivity contribution in [3.63, 3.8) is 0 Å². The van der Waals surface area contributed by atoms with E-state index in [1.165, 1.54) is 0 Å². The maximum absolute atomic E-state index is 9.85. The smallest absolute Gasteiger partial charge is 0.218 e. The van der Waals surface area contributed by atoms with Crippen LogP contribution in [0, 0.1) is 0 Å². The molecule has 0 radical (unpaired) electrons. The number of anilines is 1. The van der Waals surface area contributed by atoms with Gasteiger partial charge in [-0.3, -0.25) is 0 Å². The van der Waals surface area contributed by atoms with Gasteiger partial charge in [0.05, 0.1) is 5.69 Å². The van der Waals surface area contributed by atoms with Gasteiger partial charge < -0.3 is 0 Å². The van der Waals surface area contributed by atoms with E-state index >= 15 is 0 Å². The highest BCUT2D eigenvalue weighted by Gasteiger charge is 1.90. The van der Waals surface area contributed by atoms with Crippen molar-refractivity contribution in [3.8, 4) is 0 Å². The SMILES string of the molecule is O=[PH+]ONc1ccccc1. The van der Waals surface area contributed by atoms with E-state index in [1.807, 2.05) is 30.3 Å². The zero-order chi connectivity index (χ0) is 7.23. The van der Waals surface area contributed by atoms with Gasteiger partial charge in [0, 0.05) is 0 Å². The van der Waals surface area contributed by atoms with Crippen LogP contribution in [0.3, 0.4) is 0 Å². The lowest BCUT2D eigenvalue weighted by Gasteiger charge is -1.93. The lowest BCUT2D eigenvalue weighted by molar-refractivity contribution is 0.425. The second kappa shape index (κ2) is 3.99. The molecule has 1 atom stereocenters. The van der Waals surface area contributed by atoms with Crippen LogP contribution in [0.5, 0.6) is 0 Å². The normalized spacial score (nSPS) is 9.60. The van der Waals surface area contributed by atoms with Crippen LogP contribution in [0.4, 0.5) is 5.69 Å². The first-order valence-corrected chi connectivity index (χ1v) is 3.59. The van der Waals surface area contributed by atoms with Gasteiger partial charge in [0.2, 0.25) is 0 Å². The Morgan fingerprint density at radius 2 is 2.00 bits per heavy atom. The van der Waals surface area contributed by atoms with E-state index in [0.29, 0.717) is 0 Å². The lowest BCUT2D eigenvalue weighted by atomic mass is 10.3. The van der Waals surface area contributed by atoms with Gasteiger partial charge in [-0.15, -0.1) is 0 Å². The molecule has 4 heteroatoms. The molecule has 1 N–H and O–H groups in total. The van der Waals surface area contributed by atoms with Crippen LogP contribution in [0.1, 0.15) is 0 Å². The monoisotopic (exact) mass is 156 g/mol. The third-order valence-corrected chi connectivity index (χ3v) is 1.17. The topological polar surface area (TPSA) is 38.3 Å². The van der Waals surface area contributed by atoms with Gasteiger partial charge in [0.15, 0.2) is 0 Å². The van der Waals surface area contributed by atoms with Crippen molar-refractivity contribution in [1.82, 2.24) is 0 Å². The van der Waals surface area contributed by atoms with E-state index in [4.69, 9.17) is 0 Å². The van der Waals surface area contributed by atoms with Crippen molar-refractivity contribution < 1.29 is 9.19 Å². The molecule has 0 amide bonds.